The summed E-state index contributed by atoms with van der Waals surface area (Å²) in [6.45, 7) is 2.70. The van der Waals surface area contributed by atoms with Crippen LogP contribution in [0.15, 0.2) is 53.4 Å². The van der Waals surface area contributed by atoms with Crippen LogP contribution in [0.3, 0.4) is 0 Å². The Bertz CT molecular complexity index is 969. The zero-order chi connectivity index (χ0) is 19.7. The quantitative estimate of drug-likeness (QED) is 0.773. The first kappa shape index (κ1) is 19.0. The van der Waals surface area contributed by atoms with Crippen molar-refractivity contribution in [1.29, 1.82) is 0 Å². The average molecular weight is 399 g/mol. The molecule has 0 bridgehead atoms. The highest BCUT2D eigenvalue weighted by molar-refractivity contribution is 7.91. The van der Waals surface area contributed by atoms with E-state index in [1.54, 1.807) is 24.3 Å². The van der Waals surface area contributed by atoms with Gasteiger partial charge in [0.15, 0.2) is 9.84 Å². The van der Waals surface area contributed by atoms with Gasteiger partial charge in [-0.25, -0.2) is 8.42 Å². The predicted octanol–water partition coefficient (Wildman–Crippen LogP) is 3.65. The molecule has 5 nitrogen and oxygen atoms in total. The van der Waals surface area contributed by atoms with E-state index in [4.69, 9.17) is 0 Å². The fourth-order valence-corrected chi connectivity index (χ4v) is 5.29. The minimum atomic E-state index is -3.33. The van der Waals surface area contributed by atoms with E-state index >= 15 is 0 Å². The minimum Gasteiger partial charge on any atom is -0.382 e. The summed E-state index contributed by atoms with van der Waals surface area (Å²) in [5, 5.41) is 3.31. The molecular weight excluding hydrogens is 372 g/mol. The number of amides is 1. The summed E-state index contributed by atoms with van der Waals surface area (Å²) in [5.74, 6) is 0.888. The van der Waals surface area contributed by atoms with Gasteiger partial charge in [-0.05, 0) is 68.0 Å². The van der Waals surface area contributed by atoms with E-state index in [2.05, 4.69) is 11.4 Å². The second-order valence-corrected chi connectivity index (χ2v) is 9.97. The molecule has 1 fully saturated rings. The fourth-order valence-electron chi connectivity index (χ4n) is 3.79. The van der Waals surface area contributed by atoms with Crippen molar-refractivity contribution in [2.24, 2.45) is 5.92 Å². The van der Waals surface area contributed by atoms with E-state index in [-0.39, 0.29) is 17.7 Å². The highest BCUT2D eigenvalue weighted by Gasteiger charge is 2.31. The molecule has 1 aliphatic carbocycles. The Kier molecular flexibility index (Phi) is 5.15. The Morgan fingerprint density at radius 1 is 1.11 bits per heavy atom. The van der Waals surface area contributed by atoms with Crippen molar-refractivity contribution in [3.63, 3.8) is 0 Å². The first-order valence-corrected chi connectivity index (χ1v) is 11.6. The van der Waals surface area contributed by atoms with Crippen LogP contribution in [-0.4, -0.2) is 32.7 Å². The van der Waals surface area contributed by atoms with Gasteiger partial charge < -0.3 is 10.2 Å². The maximum absolute atomic E-state index is 12.6. The second-order valence-electron chi connectivity index (χ2n) is 7.93. The van der Waals surface area contributed by atoms with Crippen LogP contribution in [0.4, 0.5) is 11.4 Å². The van der Waals surface area contributed by atoms with Gasteiger partial charge in [0.1, 0.15) is 0 Å². The highest BCUT2D eigenvalue weighted by Crippen LogP contribution is 2.36. The van der Waals surface area contributed by atoms with Crippen molar-refractivity contribution in [3.8, 4) is 0 Å². The third kappa shape index (κ3) is 4.22. The number of nitrogens with one attached hydrogen (secondary N) is 1. The molecule has 1 heterocycles. The van der Waals surface area contributed by atoms with Crippen LogP contribution in [0, 0.1) is 5.92 Å². The molecule has 1 N–H and O–H groups in total. The summed E-state index contributed by atoms with van der Waals surface area (Å²) in [7, 11) is -3.33. The van der Waals surface area contributed by atoms with Crippen molar-refractivity contribution in [2.45, 2.75) is 43.5 Å². The monoisotopic (exact) mass is 398 g/mol. The lowest BCUT2D eigenvalue weighted by Gasteiger charge is -2.30. The Morgan fingerprint density at radius 3 is 2.57 bits per heavy atom. The lowest BCUT2D eigenvalue weighted by molar-refractivity contribution is -0.118. The van der Waals surface area contributed by atoms with Crippen LogP contribution in [0.25, 0.3) is 0 Å². The predicted molar refractivity (Wildman–Crippen MR) is 111 cm³/mol. The van der Waals surface area contributed by atoms with Gasteiger partial charge in [0, 0.05) is 30.4 Å². The zero-order valence-electron chi connectivity index (χ0n) is 16.1. The summed E-state index contributed by atoms with van der Waals surface area (Å²) in [4.78, 5) is 14.6. The molecule has 1 atom stereocenters. The van der Waals surface area contributed by atoms with E-state index < -0.39 is 9.84 Å². The topological polar surface area (TPSA) is 66.5 Å². The molecule has 148 valence electrons. The van der Waals surface area contributed by atoms with E-state index in [1.165, 1.54) is 12.8 Å². The largest absolute Gasteiger partial charge is 0.382 e. The number of nitrogens with zero attached hydrogens (tertiary/aromatic N) is 1. The minimum absolute atomic E-state index is 0.0282. The molecule has 0 saturated heterocycles. The lowest BCUT2D eigenvalue weighted by Crippen LogP contribution is -2.36. The first-order valence-electron chi connectivity index (χ1n) is 9.90. The van der Waals surface area contributed by atoms with Crippen LogP contribution in [0.5, 0.6) is 0 Å². The number of sulfone groups is 1. The van der Waals surface area contributed by atoms with Gasteiger partial charge in [-0.2, -0.15) is 0 Å². The van der Waals surface area contributed by atoms with E-state index in [9.17, 15) is 13.2 Å². The number of benzene rings is 2. The molecular formula is C22H26N2O3S. The van der Waals surface area contributed by atoms with Crippen molar-refractivity contribution >= 4 is 27.1 Å². The number of hydrogen-bond donors (Lipinski definition) is 1. The first-order chi connectivity index (χ1) is 13.4. The molecule has 1 unspecified atom stereocenters. The molecule has 1 saturated carbocycles. The van der Waals surface area contributed by atoms with Crippen LogP contribution in [-0.2, 0) is 21.1 Å². The van der Waals surface area contributed by atoms with Gasteiger partial charge >= 0.3 is 0 Å². The van der Waals surface area contributed by atoms with E-state index in [1.807, 2.05) is 30.0 Å². The Labute approximate surface area is 166 Å². The number of carbonyl (C=O) groups excluding carboxylic acids is 1. The van der Waals surface area contributed by atoms with Crippen molar-refractivity contribution in [3.05, 3.63) is 54.1 Å². The normalized spacial score (nSPS) is 17.9. The molecule has 6 heteroatoms. The van der Waals surface area contributed by atoms with Crippen LogP contribution < -0.4 is 10.2 Å². The molecule has 28 heavy (non-hydrogen) atoms. The lowest BCUT2D eigenvalue weighted by atomic mass is 10.00. The number of carbonyl (C=O) groups is 1. The standard InChI is InChI=1S/C22H26N2O3S/c1-16(15-28(26,27)20-5-3-2-4-6-20)23-19-10-11-21-18(13-19)9-12-22(25)24(21)14-17-7-8-17/h2-6,10-11,13,16-17,23H,7-9,12,14-15H2,1H3. The molecule has 1 amide bonds. The summed E-state index contributed by atoms with van der Waals surface area (Å²) < 4.78 is 25.1. The van der Waals surface area contributed by atoms with Gasteiger partial charge in [0.05, 0.1) is 10.6 Å². The van der Waals surface area contributed by atoms with Crippen LogP contribution >= 0.6 is 0 Å². The smallest absolute Gasteiger partial charge is 0.227 e. The number of fused-ring (bicyclic) bond motifs is 1. The Hall–Kier alpha value is -2.34. The molecule has 4 rings (SSSR count). The second kappa shape index (κ2) is 7.59. The van der Waals surface area contributed by atoms with Crippen molar-refractivity contribution < 1.29 is 13.2 Å². The summed E-state index contributed by atoms with van der Waals surface area (Å²) in [5.41, 5.74) is 3.07. The third-order valence-corrected chi connectivity index (χ3v) is 7.33. The summed E-state index contributed by atoms with van der Waals surface area (Å²) >= 11 is 0. The van der Waals surface area contributed by atoms with Crippen molar-refractivity contribution in [2.75, 3.05) is 22.5 Å². The number of anilines is 2. The highest BCUT2D eigenvalue weighted by atomic mass is 32.2. The Balaban J connectivity index is 1.46. The zero-order valence-corrected chi connectivity index (χ0v) is 16.9. The average Bonchev–Trinajstić information content (AvgIpc) is 3.48. The molecule has 2 aromatic carbocycles. The number of aryl methyl sites for hydroxylation is 1. The molecule has 0 spiro atoms. The van der Waals surface area contributed by atoms with Crippen LogP contribution in [0.1, 0.15) is 31.7 Å². The number of rotatable bonds is 7. The van der Waals surface area contributed by atoms with Gasteiger partial charge in [-0.1, -0.05) is 18.2 Å². The maximum Gasteiger partial charge on any atom is 0.227 e. The molecule has 0 aromatic heterocycles. The van der Waals surface area contributed by atoms with Crippen LogP contribution in [0.2, 0.25) is 0 Å². The van der Waals surface area contributed by atoms with Gasteiger partial charge in [-0.3, -0.25) is 4.79 Å². The van der Waals surface area contributed by atoms with E-state index in [0.29, 0.717) is 17.2 Å². The molecule has 2 aromatic rings. The SMILES string of the molecule is CC(CS(=O)(=O)c1ccccc1)Nc1ccc2c(c1)CCC(=O)N2CC1CC1. The van der Waals surface area contributed by atoms with Gasteiger partial charge in [0.2, 0.25) is 5.91 Å². The summed E-state index contributed by atoms with van der Waals surface area (Å²) in [6, 6.07) is 14.3. The third-order valence-electron chi connectivity index (χ3n) is 5.40. The molecule has 0 radical (unpaired) electrons. The van der Waals surface area contributed by atoms with E-state index in [0.717, 1.165) is 29.9 Å². The van der Waals surface area contributed by atoms with Crippen molar-refractivity contribution in [1.82, 2.24) is 0 Å². The van der Waals surface area contributed by atoms with Gasteiger partial charge in [0.25, 0.3) is 0 Å². The molecule has 1 aliphatic heterocycles. The fraction of sp³-hybridized carbons (Fsp3) is 0.409. The molecule has 2 aliphatic rings. The summed E-state index contributed by atoms with van der Waals surface area (Å²) in [6.07, 6.45) is 3.71. The number of hydrogen-bond acceptors (Lipinski definition) is 4. The maximum atomic E-state index is 12.6. The Morgan fingerprint density at radius 2 is 1.86 bits per heavy atom. The van der Waals surface area contributed by atoms with Gasteiger partial charge in [-0.15, -0.1) is 0 Å².